The van der Waals surface area contributed by atoms with E-state index >= 15 is 0 Å². The second-order valence-electron chi connectivity index (χ2n) is 5.15. The van der Waals surface area contributed by atoms with Crippen LogP contribution in [0.4, 0.5) is 0 Å². The van der Waals surface area contributed by atoms with Gasteiger partial charge in [-0.25, -0.2) is 12.8 Å². The number of sulfonamides is 1. The number of nitrogens with zero attached hydrogens (tertiary/aromatic N) is 1. The van der Waals surface area contributed by atoms with Crippen molar-refractivity contribution in [3.05, 3.63) is 47.0 Å². The van der Waals surface area contributed by atoms with E-state index in [1.54, 1.807) is 12.1 Å². The van der Waals surface area contributed by atoms with Crippen LogP contribution in [0, 0.1) is 0 Å². The predicted octanol–water partition coefficient (Wildman–Crippen LogP) is 2.12. The third-order valence-electron chi connectivity index (χ3n) is 3.50. The maximum Gasteiger partial charge on any atom is 0.327 e. The van der Waals surface area contributed by atoms with Crippen LogP contribution in [0.5, 0.6) is 0 Å². The van der Waals surface area contributed by atoms with Crippen molar-refractivity contribution in [3.8, 4) is 0 Å². The van der Waals surface area contributed by atoms with Gasteiger partial charge >= 0.3 is 5.97 Å². The van der Waals surface area contributed by atoms with E-state index in [1.165, 1.54) is 24.4 Å². The number of rotatable bonds is 6. The van der Waals surface area contributed by atoms with Crippen LogP contribution in [-0.4, -0.2) is 23.9 Å². The monoisotopic (exact) mass is 338 g/mol. The van der Waals surface area contributed by atoms with Crippen LogP contribution in [-0.2, 0) is 14.8 Å². The number of aliphatic carboxylic acids is 1. The summed E-state index contributed by atoms with van der Waals surface area (Å²) < 4.78 is 30.7. The van der Waals surface area contributed by atoms with Crippen LogP contribution in [0.25, 0.3) is 0 Å². The van der Waals surface area contributed by atoms with E-state index in [4.69, 9.17) is 0 Å². The first-order valence-electron chi connectivity index (χ1n) is 6.73. The molecule has 1 fully saturated rings. The third-order valence-corrected chi connectivity index (χ3v) is 5.75. The standard InChI is InChI=1S/C14H14N2O4S2/c17-14(18)13(12-7-8-15-21-12)16-22(19,20)11-5-3-10(4-6-11)9-1-2-9/h3-9,13,16H,1-2H2,(H,17,18). The van der Waals surface area contributed by atoms with Crippen LogP contribution < -0.4 is 4.72 Å². The van der Waals surface area contributed by atoms with E-state index < -0.39 is 22.0 Å². The quantitative estimate of drug-likeness (QED) is 0.841. The summed E-state index contributed by atoms with van der Waals surface area (Å²) in [5, 5.41) is 9.23. The van der Waals surface area contributed by atoms with E-state index in [9.17, 15) is 18.3 Å². The molecule has 0 spiro atoms. The Bertz CT molecular complexity index is 766. The normalized spacial score (nSPS) is 16.4. The minimum absolute atomic E-state index is 0.0627. The second kappa shape index (κ2) is 5.79. The number of nitrogens with one attached hydrogen (secondary N) is 1. The number of carbonyl (C=O) groups is 1. The Morgan fingerprint density at radius 2 is 1.95 bits per heavy atom. The van der Waals surface area contributed by atoms with Crippen molar-refractivity contribution >= 4 is 27.5 Å². The summed E-state index contributed by atoms with van der Waals surface area (Å²) in [5.41, 5.74) is 1.12. The van der Waals surface area contributed by atoms with Gasteiger partial charge in [-0.2, -0.15) is 4.72 Å². The SMILES string of the molecule is O=C(O)C(NS(=O)(=O)c1ccc(C2CC2)cc1)c1ccns1. The number of hydrogen-bond donors (Lipinski definition) is 2. The fraction of sp³-hybridized carbons (Fsp3) is 0.286. The van der Waals surface area contributed by atoms with Crippen LogP contribution in [0.3, 0.4) is 0 Å². The predicted molar refractivity (Wildman–Crippen MR) is 81.2 cm³/mol. The molecule has 2 aromatic rings. The number of carboxylic acid groups (broad SMARTS) is 1. The molecule has 1 aromatic heterocycles. The molecule has 1 aliphatic rings. The number of aromatic nitrogens is 1. The van der Waals surface area contributed by atoms with E-state index in [-0.39, 0.29) is 4.90 Å². The van der Waals surface area contributed by atoms with E-state index in [2.05, 4.69) is 9.10 Å². The zero-order valence-electron chi connectivity index (χ0n) is 11.5. The van der Waals surface area contributed by atoms with Crippen molar-refractivity contribution in [1.82, 2.24) is 9.10 Å². The molecule has 0 radical (unpaired) electrons. The molecule has 1 saturated carbocycles. The average molecular weight is 338 g/mol. The van der Waals surface area contributed by atoms with Gasteiger partial charge in [0.05, 0.1) is 9.77 Å². The fourth-order valence-corrected chi connectivity index (χ4v) is 4.04. The first-order chi connectivity index (χ1) is 10.5. The smallest absolute Gasteiger partial charge is 0.327 e. The van der Waals surface area contributed by atoms with Crippen molar-refractivity contribution < 1.29 is 18.3 Å². The second-order valence-corrected chi connectivity index (χ2v) is 7.73. The van der Waals surface area contributed by atoms with Crippen LogP contribution in [0.15, 0.2) is 41.4 Å². The van der Waals surface area contributed by atoms with Crippen LogP contribution >= 0.6 is 11.5 Å². The summed E-state index contributed by atoms with van der Waals surface area (Å²) in [6.07, 6.45) is 3.71. The zero-order chi connectivity index (χ0) is 15.7. The fourth-order valence-electron chi connectivity index (χ4n) is 2.16. The van der Waals surface area contributed by atoms with E-state index in [0.29, 0.717) is 10.8 Å². The van der Waals surface area contributed by atoms with Crippen molar-refractivity contribution in [2.45, 2.75) is 29.7 Å². The highest BCUT2D eigenvalue weighted by atomic mass is 32.2. The number of benzene rings is 1. The maximum absolute atomic E-state index is 12.3. The molecule has 1 unspecified atom stereocenters. The summed E-state index contributed by atoms with van der Waals surface area (Å²) in [6, 6.07) is 6.76. The minimum atomic E-state index is -3.90. The number of carboxylic acids is 1. The van der Waals surface area contributed by atoms with Gasteiger partial charge in [-0.1, -0.05) is 12.1 Å². The molecule has 0 amide bonds. The van der Waals surface area contributed by atoms with Gasteiger partial charge in [0, 0.05) is 6.20 Å². The van der Waals surface area contributed by atoms with Gasteiger partial charge in [-0.15, -0.1) is 0 Å². The molecule has 116 valence electrons. The van der Waals surface area contributed by atoms with Crippen molar-refractivity contribution in [1.29, 1.82) is 0 Å². The minimum Gasteiger partial charge on any atom is -0.480 e. The van der Waals surface area contributed by atoms with Crippen molar-refractivity contribution in [2.24, 2.45) is 0 Å². The Kier molecular flexibility index (Phi) is 3.98. The lowest BCUT2D eigenvalue weighted by Gasteiger charge is -2.13. The molecule has 8 heteroatoms. The first-order valence-corrected chi connectivity index (χ1v) is 8.99. The van der Waals surface area contributed by atoms with Gasteiger partial charge in [0.1, 0.15) is 0 Å². The van der Waals surface area contributed by atoms with Crippen molar-refractivity contribution in [2.75, 3.05) is 0 Å². The lowest BCUT2D eigenvalue weighted by atomic mass is 10.1. The largest absolute Gasteiger partial charge is 0.480 e. The topological polar surface area (TPSA) is 96.4 Å². The third kappa shape index (κ3) is 3.18. The first kappa shape index (κ1) is 15.1. The molecule has 6 nitrogen and oxygen atoms in total. The van der Waals surface area contributed by atoms with Crippen LogP contribution in [0.2, 0.25) is 0 Å². The molecular weight excluding hydrogens is 324 g/mol. The highest BCUT2D eigenvalue weighted by Gasteiger charge is 2.29. The summed E-state index contributed by atoms with van der Waals surface area (Å²) in [4.78, 5) is 11.7. The Morgan fingerprint density at radius 1 is 1.27 bits per heavy atom. The van der Waals surface area contributed by atoms with Crippen LogP contribution in [0.1, 0.15) is 35.2 Å². The lowest BCUT2D eigenvalue weighted by Crippen LogP contribution is -2.33. The summed E-state index contributed by atoms with van der Waals surface area (Å²) in [7, 11) is -3.90. The van der Waals surface area contributed by atoms with Gasteiger partial charge in [0.25, 0.3) is 0 Å². The molecule has 1 aliphatic carbocycles. The average Bonchev–Trinajstić information content (AvgIpc) is 3.20. The van der Waals surface area contributed by atoms with Gasteiger partial charge in [-0.05, 0) is 54.1 Å². The molecule has 3 rings (SSSR count). The summed E-state index contributed by atoms with van der Waals surface area (Å²) >= 11 is 0.952. The van der Waals surface area contributed by atoms with E-state index in [0.717, 1.165) is 29.9 Å². The molecule has 2 N–H and O–H groups in total. The molecular formula is C14H14N2O4S2. The maximum atomic E-state index is 12.3. The van der Waals surface area contributed by atoms with Crippen molar-refractivity contribution in [3.63, 3.8) is 0 Å². The van der Waals surface area contributed by atoms with Gasteiger partial charge in [0.15, 0.2) is 6.04 Å². The highest BCUT2D eigenvalue weighted by molar-refractivity contribution is 7.89. The van der Waals surface area contributed by atoms with Gasteiger partial charge < -0.3 is 5.11 Å². The number of hydrogen-bond acceptors (Lipinski definition) is 5. The molecule has 1 heterocycles. The molecule has 0 saturated heterocycles. The molecule has 0 bridgehead atoms. The molecule has 0 aliphatic heterocycles. The Balaban J connectivity index is 1.83. The molecule has 22 heavy (non-hydrogen) atoms. The highest BCUT2D eigenvalue weighted by Crippen LogP contribution is 2.40. The Morgan fingerprint density at radius 3 is 2.45 bits per heavy atom. The Hall–Kier alpha value is -1.77. The van der Waals surface area contributed by atoms with Gasteiger partial charge in [0.2, 0.25) is 10.0 Å². The molecule has 1 atom stereocenters. The zero-order valence-corrected chi connectivity index (χ0v) is 13.1. The summed E-state index contributed by atoms with van der Waals surface area (Å²) in [6.45, 7) is 0. The molecule has 1 aromatic carbocycles. The summed E-state index contributed by atoms with van der Waals surface area (Å²) in [5.74, 6) is -0.726. The van der Waals surface area contributed by atoms with Gasteiger partial charge in [-0.3, -0.25) is 4.79 Å². The lowest BCUT2D eigenvalue weighted by molar-refractivity contribution is -0.139. The van der Waals surface area contributed by atoms with E-state index in [1.807, 2.05) is 0 Å². The Labute approximate surface area is 132 Å².